The van der Waals surface area contributed by atoms with E-state index in [2.05, 4.69) is 19.6 Å². The predicted octanol–water partition coefficient (Wildman–Crippen LogP) is -3.19. The molecule has 27 heavy (non-hydrogen) atoms. The van der Waals surface area contributed by atoms with E-state index in [1.807, 2.05) is 0 Å². The molecule has 0 spiro atoms. The highest BCUT2D eigenvalue weighted by atomic mass is 31.2. The van der Waals surface area contributed by atoms with Crippen LogP contribution in [-0.4, -0.2) is 62.6 Å². The standard InChI is InChI=1S/C13H17N6O7P/c1-6-16-17(2)11-8-12(15-4-14-11)19(5-18(6)8)13-10(21)9(20)7(26-13)3-25-27(22,23)24/h4-5,7,9-10,13,20-21H,3H2,1-2H3,(H-,22,23,24)/p-1. The van der Waals surface area contributed by atoms with Gasteiger partial charge < -0.3 is 33.8 Å². The van der Waals surface area contributed by atoms with Crippen molar-refractivity contribution in [2.24, 2.45) is 5.10 Å². The molecule has 1 fully saturated rings. The Hall–Kier alpha value is -1.99. The highest BCUT2D eigenvalue weighted by Crippen LogP contribution is 2.32. The molecular weight excluding hydrogens is 383 g/mol. The molecular formula is C13H16N6O7P-. The number of phosphoric ester groups is 1. The monoisotopic (exact) mass is 399 g/mol. The zero-order valence-corrected chi connectivity index (χ0v) is 15.1. The minimum Gasteiger partial charge on any atom is -0.790 e. The number of aromatic nitrogens is 4. The van der Waals surface area contributed by atoms with Gasteiger partial charge in [0, 0.05) is 14.0 Å². The molecule has 2 N–H and O–H groups in total. The van der Waals surface area contributed by atoms with Gasteiger partial charge >= 0.3 is 5.65 Å². The molecule has 2 aromatic heterocycles. The molecule has 0 aliphatic carbocycles. The summed E-state index contributed by atoms with van der Waals surface area (Å²) in [5.74, 6) is 1.16. The van der Waals surface area contributed by atoms with Crippen molar-refractivity contribution in [3.8, 4) is 0 Å². The number of anilines is 1. The number of hydrogen-bond donors (Lipinski definition) is 2. The van der Waals surface area contributed by atoms with Gasteiger partial charge in [0.1, 0.15) is 18.3 Å². The largest absolute Gasteiger partial charge is 0.790 e. The van der Waals surface area contributed by atoms with Crippen LogP contribution in [0.1, 0.15) is 13.2 Å². The van der Waals surface area contributed by atoms with E-state index < -0.39 is 39.0 Å². The Bertz CT molecular complexity index is 973. The third-order valence-electron chi connectivity index (χ3n) is 4.47. The van der Waals surface area contributed by atoms with Crippen molar-refractivity contribution in [3.05, 3.63) is 12.7 Å². The van der Waals surface area contributed by atoms with E-state index in [0.29, 0.717) is 22.8 Å². The van der Waals surface area contributed by atoms with Crippen LogP contribution in [0.25, 0.3) is 11.2 Å². The maximum atomic E-state index is 10.7. The van der Waals surface area contributed by atoms with Crippen molar-refractivity contribution in [2.45, 2.75) is 31.5 Å². The van der Waals surface area contributed by atoms with Crippen LogP contribution in [0.3, 0.4) is 0 Å². The van der Waals surface area contributed by atoms with Crippen molar-refractivity contribution in [1.82, 2.24) is 14.5 Å². The molecule has 0 saturated carbocycles. The Labute approximate surface area is 152 Å². The maximum Gasteiger partial charge on any atom is 0.310 e. The average molecular weight is 399 g/mol. The topological polar surface area (TPSA) is 172 Å². The van der Waals surface area contributed by atoms with Gasteiger partial charge in [-0.3, -0.25) is 0 Å². The molecule has 13 nitrogen and oxygen atoms in total. The Morgan fingerprint density at radius 1 is 1.37 bits per heavy atom. The number of aliphatic hydroxyl groups is 2. The van der Waals surface area contributed by atoms with Gasteiger partial charge in [0.05, 0.1) is 14.4 Å². The van der Waals surface area contributed by atoms with Gasteiger partial charge in [-0.05, 0) is 0 Å². The van der Waals surface area contributed by atoms with Crippen LogP contribution in [0.2, 0.25) is 0 Å². The number of nitrogens with zero attached hydrogens (tertiary/aromatic N) is 6. The summed E-state index contributed by atoms with van der Waals surface area (Å²) in [6.45, 7) is 1.06. The molecule has 0 aromatic carbocycles. The molecule has 4 heterocycles. The molecule has 0 radical (unpaired) electrons. The van der Waals surface area contributed by atoms with E-state index in [1.165, 1.54) is 10.9 Å². The fourth-order valence-electron chi connectivity index (χ4n) is 3.24. The summed E-state index contributed by atoms with van der Waals surface area (Å²) in [6, 6.07) is 0. The van der Waals surface area contributed by atoms with Crippen molar-refractivity contribution in [2.75, 3.05) is 18.7 Å². The first-order valence-electron chi connectivity index (χ1n) is 7.92. The SMILES string of the molecule is CC1=NN(C)c2ncnc3c2n1c[n+]3C1OC(COP(=O)([O-])[O-])C(O)C1O. The minimum absolute atomic E-state index is 0.414. The van der Waals surface area contributed by atoms with Gasteiger partial charge in [-0.25, -0.2) is 14.1 Å². The number of aliphatic hydroxyl groups excluding tert-OH is 2. The molecule has 14 heteroatoms. The van der Waals surface area contributed by atoms with Crippen LogP contribution in [0.15, 0.2) is 17.8 Å². The van der Waals surface area contributed by atoms with Crippen LogP contribution in [0, 0.1) is 0 Å². The fraction of sp³-hybridized carbons (Fsp3) is 0.538. The molecule has 0 amide bonds. The van der Waals surface area contributed by atoms with Gasteiger partial charge in [-0.2, -0.15) is 4.98 Å². The Morgan fingerprint density at radius 3 is 2.81 bits per heavy atom. The Balaban J connectivity index is 1.72. The van der Waals surface area contributed by atoms with E-state index in [9.17, 15) is 24.6 Å². The van der Waals surface area contributed by atoms with Gasteiger partial charge in [0.15, 0.2) is 24.3 Å². The van der Waals surface area contributed by atoms with Crippen molar-refractivity contribution in [1.29, 1.82) is 0 Å². The van der Waals surface area contributed by atoms with Gasteiger partial charge in [-0.15, -0.1) is 5.10 Å². The summed E-state index contributed by atoms with van der Waals surface area (Å²) in [6.07, 6.45) is -2.25. The van der Waals surface area contributed by atoms with E-state index in [4.69, 9.17) is 4.74 Å². The first-order valence-corrected chi connectivity index (χ1v) is 9.38. The zero-order valence-electron chi connectivity index (χ0n) is 14.2. The molecule has 146 valence electrons. The highest BCUT2D eigenvalue weighted by Gasteiger charge is 2.47. The molecule has 2 aromatic rings. The zero-order chi connectivity index (χ0) is 19.5. The third kappa shape index (κ3) is 3.02. The minimum atomic E-state index is -5.23. The molecule has 2 aliphatic heterocycles. The van der Waals surface area contributed by atoms with E-state index in [0.717, 1.165) is 0 Å². The molecule has 2 aliphatic rings. The number of imidazole rings is 1. The summed E-state index contributed by atoms with van der Waals surface area (Å²) in [5.41, 5.74) is 1.04. The second-order valence-corrected chi connectivity index (χ2v) is 7.37. The van der Waals surface area contributed by atoms with Gasteiger partial charge in [-0.1, -0.05) is 4.98 Å². The van der Waals surface area contributed by atoms with Gasteiger partial charge in [0.2, 0.25) is 11.7 Å². The smallest absolute Gasteiger partial charge is 0.310 e. The van der Waals surface area contributed by atoms with E-state index in [-0.39, 0.29) is 0 Å². The summed E-state index contributed by atoms with van der Waals surface area (Å²) >= 11 is 0. The van der Waals surface area contributed by atoms with E-state index in [1.54, 1.807) is 29.9 Å². The molecule has 4 rings (SSSR count). The number of ether oxygens (including phenoxy) is 1. The Kier molecular flexibility index (Phi) is 4.27. The highest BCUT2D eigenvalue weighted by molar-refractivity contribution is 7.43. The summed E-state index contributed by atoms with van der Waals surface area (Å²) < 4.78 is 23.6. The second-order valence-electron chi connectivity index (χ2n) is 6.22. The lowest BCUT2D eigenvalue weighted by molar-refractivity contribution is -0.745. The first kappa shape index (κ1) is 18.4. The fourth-order valence-corrected chi connectivity index (χ4v) is 3.57. The number of rotatable bonds is 4. The van der Waals surface area contributed by atoms with Crippen LogP contribution in [0.4, 0.5) is 5.82 Å². The summed E-state index contributed by atoms with van der Waals surface area (Å²) in [7, 11) is -3.50. The summed E-state index contributed by atoms with van der Waals surface area (Å²) in [5, 5.41) is 26.4. The lowest BCUT2D eigenvalue weighted by atomic mass is 10.1. The lowest BCUT2D eigenvalue weighted by Gasteiger charge is -2.30. The predicted molar refractivity (Wildman–Crippen MR) is 84.1 cm³/mol. The number of phosphoric acid groups is 1. The Morgan fingerprint density at radius 2 is 2.11 bits per heavy atom. The van der Waals surface area contributed by atoms with Gasteiger partial charge in [0.25, 0.3) is 0 Å². The molecule has 4 unspecified atom stereocenters. The number of hydrogen-bond acceptors (Lipinski definition) is 11. The quantitative estimate of drug-likeness (QED) is 0.394. The van der Waals surface area contributed by atoms with Crippen molar-refractivity contribution >= 4 is 30.6 Å². The van der Waals surface area contributed by atoms with Crippen LogP contribution in [0.5, 0.6) is 0 Å². The average Bonchev–Trinajstić information content (AvgIpc) is 3.11. The molecule has 1 saturated heterocycles. The molecule has 0 bridgehead atoms. The van der Waals surface area contributed by atoms with Crippen molar-refractivity contribution in [3.63, 3.8) is 0 Å². The first-order chi connectivity index (χ1) is 12.7. The third-order valence-corrected chi connectivity index (χ3v) is 4.93. The normalized spacial score (nSPS) is 28.1. The van der Waals surface area contributed by atoms with Crippen LogP contribution >= 0.6 is 7.82 Å². The van der Waals surface area contributed by atoms with Crippen LogP contribution in [-0.2, 0) is 13.8 Å². The number of hydrazone groups is 1. The maximum absolute atomic E-state index is 10.7. The van der Waals surface area contributed by atoms with Crippen LogP contribution < -0.4 is 19.4 Å². The van der Waals surface area contributed by atoms with Crippen molar-refractivity contribution < 1.29 is 38.4 Å². The lowest BCUT2D eigenvalue weighted by Crippen LogP contribution is -2.46. The second kappa shape index (κ2) is 6.27. The summed E-state index contributed by atoms with van der Waals surface area (Å²) in [4.78, 5) is 29.8. The molecule has 4 atom stereocenters. The van der Waals surface area contributed by atoms with E-state index >= 15 is 0 Å².